The molecule has 1 saturated heterocycles. The van der Waals surface area contributed by atoms with Gasteiger partial charge in [-0.25, -0.2) is 4.39 Å². The Balaban J connectivity index is 2.14. The third kappa shape index (κ3) is 2.28. The van der Waals surface area contributed by atoms with Crippen molar-refractivity contribution < 1.29 is 14.0 Å². The molecule has 0 radical (unpaired) electrons. The average Bonchev–Trinajstić information content (AvgIpc) is 2.74. The molecule has 2 aromatic rings. The highest BCUT2D eigenvalue weighted by Gasteiger charge is 2.32. The van der Waals surface area contributed by atoms with Gasteiger partial charge in [-0.2, -0.15) is 5.10 Å². The fourth-order valence-electron chi connectivity index (χ4n) is 2.97. The molecule has 1 atom stereocenters. The SMILES string of the molecule is CC(C)c1cc2c(cc1F)c(C1CCC(=O)NC1=O)nn2C. The first-order chi connectivity index (χ1) is 10.4. The molecule has 1 fully saturated rings. The van der Waals surface area contributed by atoms with E-state index in [0.717, 1.165) is 5.52 Å². The average molecular weight is 303 g/mol. The molecule has 3 rings (SSSR count). The molecular formula is C16H18FN3O2. The molecule has 2 amide bonds. The van der Waals surface area contributed by atoms with Gasteiger partial charge < -0.3 is 0 Å². The molecule has 6 heteroatoms. The van der Waals surface area contributed by atoms with Gasteiger partial charge in [0, 0.05) is 18.9 Å². The molecule has 1 aromatic carbocycles. The van der Waals surface area contributed by atoms with E-state index in [1.807, 2.05) is 13.8 Å². The highest BCUT2D eigenvalue weighted by Crippen LogP contribution is 2.32. The molecular weight excluding hydrogens is 285 g/mol. The highest BCUT2D eigenvalue weighted by molar-refractivity contribution is 6.02. The van der Waals surface area contributed by atoms with Crippen LogP contribution in [0.5, 0.6) is 0 Å². The molecule has 22 heavy (non-hydrogen) atoms. The van der Waals surface area contributed by atoms with Gasteiger partial charge in [0.15, 0.2) is 0 Å². The Morgan fingerprint density at radius 1 is 1.36 bits per heavy atom. The predicted octanol–water partition coefficient (Wildman–Crippen LogP) is 2.36. The van der Waals surface area contributed by atoms with E-state index in [-0.39, 0.29) is 30.0 Å². The molecule has 1 unspecified atom stereocenters. The van der Waals surface area contributed by atoms with Gasteiger partial charge in [-0.3, -0.25) is 19.6 Å². The molecule has 1 aromatic heterocycles. The van der Waals surface area contributed by atoms with E-state index in [2.05, 4.69) is 10.4 Å². The maximum absolute atomic E-state index is 14.3. The van der Waals surface area contributed by atoms with Gasteiger partial charge in [-0.1, -0.05) is 13.8 Å². The summed E-state index contributed by atoms with van der Waals surface area (Å²) < 4.78 is 16.0. The number of aromatic nitrogens is 2. The Labute approximate surface area is 127 Å². The van der Waals surface area contributed by atoms with Gasteiger partial charge in [-0.05, 0) is 30.0 Å². The monoisotopic (exact) mass is 303 g/mol. The van der Waals surface area contributed by atoms with Gasteiger partial charge in [0.25, 0.3) is 0 Å². The van der Waals surface area contributed by atoms with Crippen LogP contribution in [0.2, 0.25) is 0 Å². The smallest absolute Gasteiger partial charge is 0.235 e. The molecule has 1 N–H and O–H groups in total. The van der Waals surface area contributed by atoms with Gasteiger partial charge in [-0.15, -0.1) is 0 Å². The summed E-state index contributed by atoms with van der Waals surface area (Å²) in [5.74, 6) is -1.35. The van der Waals surface area contributed by atoms with Crippen LogP contribution in [0.3, 0.4) is 0 Å². The van der Waals surface area contributed by atoms with Crippen molar-refractivity contribution in [3.63, 3.8) is 0 Å². The largest absolute Gasteiger partial charge is 0.296 e. The number of hydrogen-bond donors (Lipinski definition) is 1. The van der Waals surface area contributed by atoms with Crippen molar-refractivity contribution in [3.8, 4) is 0 Å². The van der Waals surface area contributed by atoms with Crippen molar-refractivity contribution in [1.82, 2.24) is 15.1 Å². The first-order valence-corrected chi connectivity index (χ1v) is 7.38. The summed E-state index contributed by atoms with van der Waals surface area (Å²) in [6.07, 6.45) is 0.686. The zero-order valence-corrected chi connectivity index (χ0v) is 12.8. The molecule has 2 heterocycles. The Morgan fingerprint density at radius 2 is 2.09 bits per heavy atom. The number of halogens is 1. The number of piperidine rings is 1. The van der Waals surface area contributed by atoms with E-state index in [0.29, 0.717) is 23.1 Å². The number of nitrogens with zero attached hydrogens (tertiary/aromatic N) is 2. The minimum Gasteiger partial charge on any atom is -0.296 e. The number of hydrogen-bond acceptors (Lipinski definition) is 3. The van der Waals surface area contributed by atoms with Crippen molar-refractivity contribution in [2.24, 2.45) is 7.05 Å². The Hall–Kier alpha value is -2.24. The number of rotatable bonds is 2. The summed E-state index contributed by atoms with van der Waals surface area (Å²) in [4.78, 5) is 23.3. The van der Waals surface area contributed by atoms with Crippen LogP contribution in [0.1, 0.15) is 49.8 Å². The van der Waals surface area contributed by atoms with Crippen LogP contribution in [-0.2, 0) is 16.6 Å². The number of amides is 2. The van der Waals surface area contributed by atoms with Gasteiger partial charge in [0.05, 0.1) is 17.1 Å². The number of imide groups is 1. The summed E-state index contributed by atoms with van der Waals surface area (Å²) in [7, 11) is 1.78. The summed E-state index contributed by atoms with van der Waals surface area (Å²) in [5.41, 5.74) is 1.96. The molecule has 1 aliphatic heterocycles. The molecule has 116 valence electrons. The van der Waals surface area contributed by atoms with Crippen LogP contribution in [-0.4, -0.2) is 21.6 Å². The van der Waals surface area contributed by atoms with Crippen LogP contribution >= 0.6 is 0 Å². The second-order valence-electron chi connectivity index (χ2n) is 6.06. The van der Waals surface area contributed by atoms with Crippen LogP contribution < -0.4 is 5.32 Å². The van der Waals surface area contributed by atoms with E-state index >= 15 is 0 Å². The summed E-state index contributed by atoms with van der Waals surface area (Å²) in [5, 5.41) is 7.37. The quantitative estimate of drug-likeness (QED) is 0.866. The lowest BCUT2D eigenvalue weighted by Gasteiger charge is -2.19. The number of fused-ring (bicyclic) bond motifs is 1. The highest BCUT2D eigenvalue weighted by atomic mass is 19.1. The molecule has 0 bridgehead atoms. The van der Waals surface area contributed by atoms with Crippen molar-refractivity contribution in [2.45, 2.75) is 38.5 Å². The second-order valence-corrected chi connectivity index (χ2v) is 6.06. The predicted molar refractivity (Wildman–Crippen MR) is 79.9 cm³/mol. The minimum atomic E-state index is -0.509. The maximum atomic E-state index is 14.3. The number of benzene rings is 1. The standard InChI is InChI=1S/C16H18FN3O2/c1-8(2)10-7-13-11(6-12(10)17)15(19-20(13)3)9-4-5-14(21)18-16(9)22/h6-9H,4-5H2,1-3H3,(H,18,21,22). The van der Waals surface area contributed by atoms with Crippen LogP contribution in [0.15, 0.2) is 12.1 Å². The molecule has 0 spiro atoms. The minimum absolute atomic E-state index is 0.0679. The summed E-state index contributed by atoms with van der Waals surface area (Å²) in [6.45, 7) is 3.86. The molecule has 0 aliphatic carbocycles. The van der Waals surface area contributed by atoms with E-state index < -0.39 is 5.92 Å². The number of nitrogens with one attached hydrogen (secondary N) is 1. The van der Waals surface area contributed by atoms with Gasteiger partial charge in [0.2, 0.25) is 11.8 Å². The third-order valence-corrected chi connectivity index (χ3v) is 4.19. The van der Waals surface area contributed by atoms with Crippen LogP contribution in [0, 0.1) is 5.82 Å². The second kappa shape index (κ2) is 5.19. The lowest BCUT2D eigenvalue weighted by atomic mass is 9.92. The zero-order valence-electron chi connectivity index (χ0n) is 12.8. The van der Waals surface area contributed by atoms with Crippen molar-refractivity contribution in [3.05, 3.63) is 29.2 Å². The Bertz CT molecular complexity index is 779. The number of carbonyl (C=O) groups is 2. The first-order valence-electron chi connectivity index (χ1n) is 7.38. The number of carbonyl (C=O) groups excluding carboxylic acids is 2. The maximum Gasteiger partial charge on any atom is 0.235 e. The lowest BCUT2D eigenvalue weighted by Crippen LogP contribution is -2.39. The first kappa shape index (κ1) is 14.7. The van der Waals surface area contributed by atoms with E-state index in [9.17, 15) is 14.0 Å². The van der Waals surface area contributed by atoms with Crippen molar-refractivity contribution in [2.75, 3.05) is 0 Å². The lowest BCUT2D eigenvalue weighted by molar-refractivity contribution is -0.134. The van der Waals surface area contributed by atoms with Gasteiger partial charge in [0.1, 0.15) is 5.82 Å². The normalized spacial score (nSPS) is 19.0. The van der Waals surface area contributed by atoms with Crippen molar-refractivity contribution in [1.29, 1.82) is 0 Å². The van der Waals surface area contributed by atoms with Gasteiger partial charge >= 0.3 is 0 Å². The van der Waals surface area contributed by atoms with E-state index in [1.165, 1.54) is 6.07 Å². The van der Waals surface area contributed by atoms with E-state index in [4.69, 9.17) is 0 Å². The van der Waals surface area contributed by atoms with Crippen molar-refractivity contribution >= 4 is 22.7 Å². The summed E-state index contributed by atoms with van der Waals surface area (Å²) >= 11 is 0. The molecule has 1 aliphatic rings. The van der Waals surface area contributed by atoms with E-state index in [1.54, 1.807) is 17.8 Å². The fraction of sp³-hybridized carbons (Fsp3) is 0.438. The molecule has 0 saturated carbocycles. The van der Waals surface area contributed by atoms with Crippen LogP contribution in [0.4, 0.5) is 4.39 Å². The number of aryl methyl sites for hydroxylation is 1. The Kier molecular flexibility index (Phi) is 3.47. The topological polar surface area (TPSA) is 64.0 Å². The Morgan fingerprint density at radius 3 is 2.73 bits per heavy atom. The summed E-state index contributed by atoms with van der Waals surface area (Å²) in [6, 6.07) is 3.24. The zero-order chi connectivity index (χ0) is 16.0. The van der Waals surface area contributed by atoms with Crippen LogP contribution in [0.25, 0.3) is 10.9 Å². The fourth-order valence-corrected chi connectivity index (χ4v) is 2.97. The molecule has 5 nitrogen and oxygen atoms in total. The third-order valence-electron chi connectivity index (χ3n) is 4.19.